The van der Waals surface area contributed by atoms with Crippen molar-refractivity contribution < 1.29 is 9.90 Å². The summed E-state index contributed by atoms with van der Waals surface area (Å²) in [4.78, 5) is 23.0. The van der Waals surface area contributed by atoms with E-state index in [-0.39, 0.29) is 30.4 Å². The van der Waals surface area contributed by atoms with Gasteiger partial charge in [0.05, 0.1) is 12.6 Å². The first kappa shape index (κ1) is 16.7. The second-order valence-corrected chi connectivity index (χ2v) is 5.99. The van der Waals surface area contributed by atoms with Crippen LogP contribution >= 0.6 is 0 Å². The number of aliphatic hydroxyl groups excluding tert-OH is 1. The van der Waals surface area contributed by atoms with Crippen molar-refractivity contribution >= 4 is 11.9 Å². The van der Waals surface area contributed by atoms with Gasteiger partial charge in [-0.3, -0.25) is 4.79 Å². The zero-order valence-electron chi connectivity index (χ0n) is 13.4. The molecule has 0 unspecified atom stereocenters. The highest BCUT2D eigenvalue weighted by Gasteiger charge is 2.28. The molecule has 2 heterocycles. The Morgan fingerprint density at radius 2 is 2.05 bits per heavy atom. The van der Waals surface area contributed by atoms with E-state index >= 15 is 0 Å². The lowest BCUT2D eigenvalue weighted by Crippen LogP contribution is -2.47. The van der Waals surface area contributed by atoms with Crippen LogP contribution in [0.15, 0.2) is 18.5 Å². The zero-order chi connectivity index (χ0) is 15.9. The van der Waals surface area contributed by atoms with E-state index in [4.69, 9.17) is 0 Å². The first-order valence-electron chi connectivity index (χ1n) is 8.08. The number of carbonyl (C=O) groups excluding carboxylic acids is 1. The summed E-state index contributed by atoms with van der Waals surface area (Å²) >= 11 is 0. The number of nitrogens with one attached hydrogen (secondary N) is 1. The fourth-order valence-corrected chi connectivity index (χ4v) is 2.75. The topological polar surface area (TPSA) is 78.4 Å². The summed E-state index contributed by atoms with van der Waals surface area (Å²) in [5, 5.41) is 12.4. The lowest BCUT2D eigenvalue weighted by molar-refractivity contribution is -0.127. The van der Waals surface area contributed by atoms with Crippen LogP contribution in [-0.2, 0) is 4.79 Å². The van der Waals surface area contributed by atoms with E-state index in [0.717, 1.165) is 38.3 Å². The van der Waals surface area contributed by atoms with Gasteiger partial charge in [-0.25, -0.2) is 9.97 Å². The van der Waals surface area contributed by atoms with Crippen molar-refractivity contribution in [3.63, 3.8) is 0 Å². The fraction of sp³-hybridized carbons (Fsp3) is 0.688. The second-order valence-electron chi connectivity index (χ2n) is 5.99. The van der Waals surface area contributed by atoms with Gasteiger partial charge < -0.3 is 15.3 Å². The SMILES string of the molecule is CC[C@@H](C)[C@@H](CO)NC(=O)C1CCN(c2ncccn2)CC1. The molecule has 1 aliphatic rings. The summed E-state index contributed by atoms with van der Waals surface area (Å²) in [6.45, 7) is 5.69. The van der Waals surface area contributed by atoms with E-state index < -0.39 is 0 Å². The minimum absolute atomic E-state index is 0.00253. The minimum atomic E-state index is -0.145. The predicted molar refractivity (Wildman–Crippen MR) is 85.4 cm³/mol. The molecule has 2 rings (SSSR count). The normalized spacial score (nSPS) is 18.8. The number of amides is 1. The highest BCUT2D eigenvalue weighted by molar-refractivity contribution is 5.79. The maximum absolute atomic E-state index is 12.4. The molecular formula is C16H26N4O2. The van der Waals surface area contributed by atoms with E-state index in [1.165, 1.54) is 0 Å². The molecule has 1 fully saturated rings. The molecule has 1 saturated heterocycles. The van der Waals surface area contributed by atoms with Gasteiger partial charge >= 0.3 is 0 Å². The number of aliphatic hydroxyl groups is 1. The molecule has 0 aromatic carbocycles. The Morgan fingerprint density at radius 1 is 1.41 bits per heavy atom. The summed E-state index contributed by atoms with van der Waals surface area (Å²) in [5.41, 5.74) is 0. The number of anilines is 1. The average Bonchev–Trinajstić information content (AvgIpc) is 2.59. The van der Waals surface area contributed by atoms with Gasteiger partial charge in [0.1, 0.15) is 0 Å². The van der Waals surface area contributed by atoms with Gasteiger partial charge in [0, 0.05) is 31.4 Å². The highest BCUT2D eigenvalue weighted by atomic mass is 16.3. The Hall–Kier alpha value is -1.69. The second kappa shape index (κ2) is 8.08. The summed E-state index contributed by atoms with van der Waals surface area (Å²) in [7, 11) is 0. The van der Waals surface area contributed by atoms with Crippen LogP contribution in [0.2, 0.25) is 0 Å². The van der Waals surface area contributed by atoms with Crippen molar-refractivity contribution in [1.29, 1.82) is 0 Å². The van der Waals surface area contributed by atoms with Crippen molar-refractivity contribution in [1.82, 2.24) is 15.3 Å². The van der Waals surface area contributed by atoms with Crippen molar-refractivity contribution in [2.75, 3.05) is 24.6 Å². The number of rotatable bonds is 6. The molecule has 22 heavy (non-hydrogen) atoms. The Labute approximate surface area is 132 Å². The third-order valence-corrected chi connectivity index (χ3v) is 4.56. The predicted octanol–water partition coefficient (Wildman–Crippen LogP) is 1.22. The van der Waals surface area contributed by atoms with E-state index in [1.54, 1.807) is 18.5 Å². The number of hydrogen-bond donors (Lipinski definition) is 2. The third-order valence-electron chi connectivity index (χ3n) is 4.56. The molecule has 0 spiro atoms. The van der Waals surface area contributed by atoms with E-state index in [1.807, 2.05) is 0 Å². The minimum Gasteiger partial charge on any atom is -0.394 e. The van der Waals surface area contributed by atoms with Crippen LogP contribution in [0, 0.1) is 11.8 Å². The molecule has 2 N–H and O–H groups in total. The van der Waals surface area contributed by atoms with E-state index in [2.05, 4.69) is 34.0 Å². The molecule has 0 saturated carbocycles. The molecule has 1 aliphatic heterocycles. The van der Waals surface area contributed by atoms with Gasteiger partial charge in [0.25, 0.3) is 0 Å². The van der Waals surface area contributed by atoms with Crippen LogP contribution in [0.25, 0.3) is 0 Å². The van der Waals surface area contributed by atoms with Crippen LogP contribution in [0.4, 0.5) is 5.95 Å². The average molecular weight is 306 g/mol. The van der Waals surface area contributed by atoms with Crippen LogP contribution in [0.5, 0.6) is 0 Å². The Kier molecular flexibility index (Phi) is 6.12. The molecule has 1 aromatic heterocycles. The standard InChI is InChI=1S/C16H26N4O2/c1-3-12(2)14(11-21)19-15(22)13-5-9-20(10-6-13)16-17-7-4-8-18-16/h4,7-8,12-14,21H,3,5-6,9-11H2,1-2H3,(H,19,22)/t12-,14-/m1/s1. The molecule has 6 nitrogen and oxygen atoms in total. The van der Waals surface area contributed by atoms with Gasteiger partial charge in [-0.15, -0.1) is 0 Å². The van der Waals surface area contributed by atoms with Crippen LogP contribution < -0.4 is 10.2 Å². The van der Waals surface area contributed by atoms with Crippen molar-refractivity contribution in [2.24, 2.45) is 11.8 Å². The van der Waals surface area contributed by atoms with Crippen molar-refractivity contribution in [3.05, 3.63) is 18.5 Å². The number of hydrogen-bond acceptors (Lipinski definition) is 5. The fourth-order valence-electron chi connectivity index (χ4n) is 2.75. The molecule has 122 valence electrons. The maximum atomic E-state index is 12.4. The van der Waals surface area contributed by atoms with Gasteiger partial charge in [-0.05, 0) is 24.8 Å². The third kappa shape index (κ3) is 4.16. The molecule has 0 bridgehead atoms. The quantitative estimate of drug-likeness (QED) is 0.826. The molecular weight excluding hydrogens is 280 g/mol. The first-order chi connectivity index (χ1) is 10.7. The Balaban J connectivity index is 1.84. The summed E-state index contributed by atoms with van der Waals surface area (Å²) < 4.78 is 0. The molecule has 6 heteroatoms. The molecule has 0 aliphatic carbocycles. The van der Waals surface area contributed by atoms with E-state index in [9.17, 15) is 9.90 Å². The van der Waals surface area contributed by atoms with E-state index in [0.29, 0.717) is 0 Å². The van der Waals surface area contributed by atoms with Gasteiger partial charge in [-0.1, -0.05) is 20.3 Å². The Morgan fingerprint density at radius 3 is 2.59 bits per heavy atom. The first-order valence-corrected chi connectivity index (χ1v) is 8.08. The summed E-state index contributed by atoms with van der Waals surface area (Å²) in [6.07, 6.45) is 6.00. The van der Waals surface area contributed by atoms with Gasteiger partial charge in [-0.2, -0.15) is 0 Å². The highest BCUT2D eigenvalue weighted by Crippen LogP contribution is 2.21. The van der Waals surface area contributed by atoms with Crippen LogP contribution in [0.3, 0.4) is 0 Å². The van der Waals surface area contributed by atoms with Crippen molar-refractivity contribution in [3.8, 4) is 0 Å². The number of carbonyl (C=O) groups is 1. The smallest absolute Gasteiger partial charge is 0.225 e. The van der Waals surface area contributed by atoms with Crippen LogP contribution in [-0.4, -0.2) is 46.7 Å². The molecule has 2 atom stereocenters. The molecule has 0 radical (unpaired) electrons. The summed E-state index contributed by atoms with van der Waals surface area (Å²) in [5.74, 6) is 1.09. The molecule has 1 aromatic rings. The monoisotopic (exact) mass is 306 g/mol. The largest absolute Gasteiger partial charge is 0.394 e. The van der Waals surface area contributed by atoms with Crippen LogP contribution in [0.1, 0.15) is 33.1 Å². The lowest BCUT2D eigenvalue weighted by atomic mass is 9.94. The van der Waals surface area contributed by atoms with Gasteiger partial charge in [0.15, 0.2) is 0 Å². The Bertz CT molecular complexity index is 460. The maximum Gasteiger partial charge on any atom is 0.225 e. The number of aromatic nitrogens is 2. The van der Waals surface area contributed by atoms with Gasteiger partial charge in [0.2, 0.25) is 11.9 Å². The zero-order valence-corrected chi connectivity index (χ0v) is 13.4. The summed E-state index contributed by atoms with van der Waals surface area (Å²) in [6, 6.07) is 1.65. The number of nitrogens with zero attached hydrogens (tertiary/aromatic N) is 3. The lowest BCUT2D eigenvalue weighted by Gasteiger charge is -2.32. The molecule has 1 amide bonds. The van der Waals surface area contributed by atoms with Crippen molar-refractivity contribution in [2.45, 2.75) is 39.2 Å². The number of piperidine rings is 1.